The van der Waals surface area contributed by atoms with Crippen LogP contribution in [0.1, 0.15) is 0 Å². The molecule has 0 radical (unpaired) electrons. The number of hydrogen-bond donors (Lipinski definition) is 1. The summed E-state index contributed by atoms with van der Waals surface area (Å²) < 4.78 is 10.7. The van der Waals surface area contributed by atoms with Crippen LogP contribution in [-0.4, -0.2) is 30.7 Å². The lowest BCUT2D eigenvalue weighted by Crippen LogP contribution is -2.02. The van der Waals surface area contributed by atoms with Crippen LogP contribution < -0.4 is 14.8 Å². The molecule has 0 spiro atoms. The second kappa shape index (κ2) is 7.00. The Hall–Kier alpha value is -3.08. The Balaban J connectivity index is 2.14. The summed E-state index contributed by atoms with van der Waals surface area (Å²) in [6, 6.07) is 11.6. The van der Waals surface area contributed by atoms with Crippen LogP contribution in [0.25, 0.3) is 22.2 Å². The molecule has 3 rings (SSSR count). The van der Waals surface area contributed by atoms with Crippen LogP contribution in [0.15, 0.2) is 55.3 Å². The summed E-state index contributed by atoms with van der Waals surface area (Å²) in [5.74, 6) is 2.13. The number of nitrogens with zero attached hydrogens (tertiary/aromatic N) is 2. The van der Waals surface area contributed by atoms with Crippen molar-refractivity contribution in [2.24, 2.45) is 0 Å². The minimum absolute atomic E-state index is 0.631. The molecule has 122 valence electrons. The fourth-order valence-electron chi connectivity index (χ4n) is 2.52. The summed E-state index contributed by atoms with van der Waals surface area (Å²) in [6.07, 6.45) is 3.57. The van der Waals surface area contributed by atoms with Gasteiger partial charge in [-0.25, -0.2) is 4.98 Å². The Labute approximate surface area is 141 Å². The molecule has 0 unspecified atom stereocenters. The molecular weight excluding hydrogens is 302 g/mol. The molecule has 5 heteroatoms. The van der Waals surface area contributed by atoms with Crippen LogP contribution in [0.5, 0.6) is 11.5 Å². The summed E-state index contributed by atoms with van der Waals surface area (Å²) in [5.41, 5.74) is 2.62. The van der Waals surface area contributed by atoms with Crippen LogP contribution in [0.2, 0.25) is 0 Å². The third kappa shape index (κ3) is 3.01. The first-order chi connectivity index (χ1) is 11.8. The van der Waals surface area contributed by atoms with Crippen molar-refractivity contribution in [2.45, 2.75) is 0 Å². The molecule has 0 aliphatic rings. The Morgan fingerprint density at radius 3 is 2.71 bits per heavy atom. The average molecular weight is 321 g/mol. The Kier molecular flexibility index (Phi) is 4.61. The second-order valence-electron chi connectivity index (χ2n) is 5.17. The minimum Gasteiger partial charge on any atom is -0.493 e. The molecule has 0 aliphatic carbocycles. The van der Waals surface area contributed by atoms with Gasteiger partial charge in [0.1, 0.15) is 5.82 Å². The number of nitrogens with one attached hydrogen (secondary N) is 1. The quantitative estimate of drug-likeness (QED) is 0.698. The van der Waals surface area contributed by atoms with Gasteiger partial charge in [0, 0.05) is 23.7 Å². The normalized spacial score (nSPS) is 10.4. The van der Waals surface area contributed by atoms with Gasteiger partial charge in [-0.15, -0.1) is 6.58 Å². The van der Waals surface area contributed by atoms with Crippen molar-refractivity contribution < 1.29 is 9.47 Å². The van der Waals surface area contributed by atoms with Crippen molar-refractivity contribution in [1.29, 1.82) is 0 Å². The molecule has 0 saturated carbocycles. The molecule has 0 amide bonds. The molecule has 2 aromatic heterocycles. The number of aromatic nitrogens is 2. The van der Waals surface area contributed by atoms with Gasteiger partial charge in [-0.05, 0) is 36.4 Å². The molecule has 2 heterocycles. The zero-order valence-corrected chi connectivity index (χ0v) is 13.7. The molecule has 24 heavy (non-hydrogen) atoms. The van der Waals surface area contributed by atoms with Crippen LogP contribution in [0, 0.1) is 0 Å². The summed E-state index contributed by atoms with van der Waals surface area (Å²) in [7, 11) is 3.24. The predicted molar refractivity (Wildman–Crippen MR) is 96.8 cm³/mol. The van der Waals surface area contributed by atoms with E-state index in [1.54, 1.807) is 26.5 Å². The highest BCUT2D eigenvalue weighted by atomic mass is 16.5. The number of pyridine rings is 2. The Morgan fingerprint density at radius 1 is 1.12 bits per heavy atom. The number of rotatable bonds is 6. The zero-order chi connectivity index (χ0) is 16.9. The van der Waals surface area contributed by atoms with E-state index in [4.69, 9.17) is 14.5 Å². The molecule has 3 aromatic rings. The molecule has 0 atom stereocenters. The van der Waals surface area contributed by atoms with Gasteiger partial charge in [-0.1, -0.05) is 6.08 Å². The Morgan fingerprint density at radius 2 is 1.96 bits per heavy atom. The number of ether oxygens (including phenoxy) is 2. The van der Waals surface area contributed by atoms with Crippen molar-refractivity contribution in [3.05, 3.63) is 55.3 Å². The smallest absolute Gasteiger partial charge is 0.161 e. The maximum absolute atomic E-state index is 5.38. The first-order valence-electron chi connectivity index (χ1n) is 7.59. The van der Waals surface area contributed by atoms with E-state index in [1.165, 1.54) is 0 Å². The van der Waals surface area contributed by atoms with Crippen molar-refractivity contribution in [3.63, 3.8) is 0 Å². The fourth-order valence-corrected chi connectivity index (χ4v) is 2.52. The topological polar surface area (TPSA) is 56.3 Å². The average Bonchev–Trinajstić information content (AvgIpc) is 2.65. The first kappa shape index (κ1) is 15.8. The molecule has 0 aliphatic heterocycles. The van der Waals surface area contributed by atoms with Gasteiger partial charge in [0.15, 0.2) is 11.5 Å². The number of fused-ring (bicyclic) bond motifs is 1. The van der Waals surface area contributed by atoms with Gasteiger partial charge >= 0.3 is 0 Å². The number of anilines is 1. The monoisotopic (exact) mass is 321 g/mol. The lowest BCUT2D eigenvalue weighted by Gasteiger charge is -2.12. The van der Waals surface area contributed by atoms with E-state index >= 15 is 0 Å². The molecule has 0 saturated heterocycles. The molecular formula is C19H19N3O2. The first-order valence-corrected chi connectivity index (χ1v) is 7.59. The molecule has 0 bridgehead atoms. The van der Waals surface area contributed by atoms with Crippen molar-refractivity contribution in [2.75, 3.05) is 26.1 Å². The van der Waals surface area contributed by atoms with Crippen molar-refractivity contribution in [3.8, 4) is 22.8 Å². The highest BCUT2D eigenvalue weighted by Gasteiger charge is 2.11. The molecule has 1 aromatic carbocycles. The largest absolute Gasteiger partial charge is 0.493 e. The van der Waals surface area contributed by atoms with Crippen LogP contribution in [0.3, 0.4) is 0 Å². The number of benzene rings is 1. The third-order valence-electron chi connectivity index (χ3n) is 3.69. The zero-order valence-electron chi connectivity index (χ0n) is 13.7. The molecule has 1 N–H and O–H groups in total. The van der Waals surface area contributed by atoms with Gasteiger partial charge in [-0.3, -0.25) is 4.98 Å². The number of hydrogen-bond acceptors (Lipinski definition) is 5. The Bertz CT molecular complexity index is 878. The highest BCUT2D eigenvalue weighted by Crippen LogP contribution is 2.33. The summed E-state index contributed by atoms with van der Waals surface area (Å²) in [5, 5.41) is 4.25. The van der Waals surface area contributed by atoms with E-state index in [2.05, 4.69) is 16.9 Å². The standard InChI is InChI=1S/C19H19N3O2/c1-4-9-21-19-14-6-5-10-20-16(14)12-15(22-19)13-7-8-17(23-2)18(11-13)24-3/h4-8,10-12H,1,9H2,2-3H3,(H,21,22). The lowest BCUT2D eigenvalue weighted by atomic mass is 10.1. The summed E-state index contributed by atoms with van der Waals surface area (Å²) in [6.45, 7) is 4.37. The van der Waals surface area contributed by atoms with Crippen molar-refractivity contribution in [1.82, 2.24) is 9.97 Å². The fraction of sp³-hybridized carbons (Fsp3) is 0.158. The van der Waals surface area contributed by atoms with E-state index in [-0.39, 0.29) is 0 Å². The van der Waals surface area contributed by atoms with Crippen LogP contribution in [-0.2, 0) is 0 Å². The van der Waals surface area contributed by atoms with E-state index < -0.39 is 0 Å². The van der Waals surface area contributed by atoms with E-state index in [1.807, 2.05) is 36.4 Å². The van der Waals surface area contributed by atoms with Gasteiger partial charge < -0.3 is 14.8 Å². The third-order valence-corrected chi connectivity index (χ3v) is 3.69. The molecule has 5 nitrogen and oxygen atoms in total. The van der Waals surface area contributed by atoms with E-state index in [0.717, 1.165) is 28.0 Å². The van der Waals surface area contributed by atoms with Crippen molar-refractivity contribution >= 4 is 16.7 Å². The van der Waals surface area contributed by atoms with Gasteiger partial charge in [0.05, 0.1) is 25.4 Å². The van der Waals surface area contributed by atoms with Gasteiger partial charge in [-0.2, -0.15) is 0 Å². The summed E-state index contributed by atoms with van der Waals surface area (Å²) >= 11 is 0. The van der Waals surface area contributed by atoms with Crippen LogP contribution in [0.4, 0.5) is 5.82 Å². The molecule has 0 fully saturated rings. The summed E-state index contributed by atoms with van der Waals surface area (Å²) in [4.78, 5) is 9.19. The maximum atomic E-state index is 5.38. The van der Waals surface area contributed by atoms with Gasteiger partial charge in [0.2, 0.25) is 0 Å². The number of methoxy groups -OCH3 is 2. The predicted octanol–water partition coefficient (Wildman–Crippen LogP) is 3.91. The highest BCUT2D eigenvalue weighted by molar-refractivity contribution is 5.92. The maximum Gasteiger partial charge on any atom is 0.161 e. The van der Waals surface area contributed by atoms with E-state index in [0.29, 0.717) is 18.0 Å². The van der Waals surface area contributed by atoms with Crippen LogP contribution >= 0.6 is 0 Å². The van der Waals surface area contributed by atoms with E-state index in [9.17, 15) is 0 Å². The van der Waals surface area contributed by atoms with Gasteiger partial charge in [0.25, 0.3) is 0 Å². The SMILES string of the molecule is C=CCNc1nc(-c2ccc(OC)c(OC)c2)cc2ncccc12. The lowest BCUT2D eigenvalue weighted by molar-refractivity contribution is 0.355. The second-order valence-corrected chi connectivity index (χ2v) is 5.17. The minimum atomic E-state index is 0.631.